The van der Waals surface area contributed by atoms with E-state index in [1.165, 1.54) is 0 Å². The van der Waals surface area contributed by atoms with Crippen LogP contribution in [-0.2, 0) is 9.53 Å². The van der Waals surface area contributed by atoms with E-state index in [4.69, 9.17) is 4.74 Å². The van der Waals surface area contributed by atoms with Crippen molar-refractivity contribution in [1.29, 1.82) is 0 Å². The van der Waals surface area contributed by atoms with Crippen molar-refractivity contribution in [1.82, 2.24) is 10.3 Å². The van der Waals surface area contributed by atoms with Crippen molar-refractivity contribution < 1.29 is 14.3 Å². The summed E-state index contributed by atoms with van der Waals surface area (Å²) < 4.78 is 5.36. The van der Waals surface area contributed by atoms with Crippen molar-refractivity contribution in [3.05, 3.63) is 30.5 Å². The Bertz CT molecular complexity index is 673. The van der Waals surface area contributed by atoms with Gasteiger partial charge >= 0.3 is 6.09 Å². The number of carbonyl (C=O) groups is 2. The topological polar surface area (TPSA) is 80.3 Å². The number of hydrogen-bond acceptors (Lipinski definition) is 4. The molecule has 2 rings (SSSR count). The molecule has 1 fully saturated rings. The zero-order chi connectivity index (χ0) is 20.0. The molecule has 148 valence electrons. The molecule has 0 unspecified atom stereocenters. The third-order valence-electron chi connectivity index (χ3n) is 4.76. The van der Waals surface area contributed by atoms with E-state index in [0.29, 0.717) is 11.7 Å². The molecule has 0 aromatic carbocycles. The molecular formula is C21H31N3O3. The van der Waals surface area contributed by atoms with Gasteiger partial charge in [0.25, 0.3) is 0 Å². The Morgan fingerprint density at radius 1 is 1.30 bits per heavy atom. The maximum absolute atomic E-state index is 12.9. The monoisotopic (exact) mass is 373 g/mol. The highest BCUT2D eigenvalue weighted by atomic mass is 16.6. The van der Waals surface area contributed by atoms with Crippen LogP contribution in [0.2, 0.25) is 0 Å². The number of carbonyl (C=O) groups excluding carboxylic acids is 2. The summed E-state index contributed by atoms with van der Waals surface area (Å²) >= 11 is 0. The quantitative estimate of drug-likeness (QED) is 0.802. The first-order valence-electron chi connectivity index (χ1n) is 9.57. The van der Waals surface area contributed by atoms with E-state index in [0.717, 1.165) is 31.2 Å². The molecule has 1 aromatic heterocycles. The number of nitrogens with one attached hydrogen (secondary N) is 2. The summed E-state index contributed by atoms with van der Waals surface area (Å²) in [6.07, 6.45) is 6.63. The molecule has 1 aromatic rings. The summed E-state index contributed by atoms with van der Waals surface area (Å²) in [5, 5.41) is 5.61. The summed E-state index contributed by atoms with van der Waals surface area (Å²) in [5.74, 6) is 0.903. The van der Waals surface area contributed by atoms with Gasteiger partial charge in [-0.2, -0.15) is 0 Å². The minimum atomic E-state index is -0.651. The minimum absolute atomic E-state index is 0.0799. The van der Waals surface area contributed by atoms with E-state index in [1.807, 2.05) is 6.07 Å². The molecule has 1 heterocycles. The van der Waals surface area contributed by atoms with Crippen molar-refractivity contribution in [2.75, 3.05) is 5.32 Å². The fourth-order valence-corrected chi connectivity index (χ4v) is 3.30. The molecule has 0 radical (unpaired) electrons. The largest absolute Gasteiger partial charge is 0.444 e. The molecule has 2 amide bonds. The van der Waals surface area contributed by atoms with Gasteiger partial charge in [0, 0.05) is 6.20 Å². The van der Waals surface area contributed by atoms with Gasteiger partial charge in [-0.1, -0.05) is 32.4 Å². The first kappa shape index (κ1) is 20.9. The zero-order valence-electron chi connectivity index (χ0n) is 16.7. The molecule has 0 aliphatic heterocycles. The molecule has 0 saturated heterocycles. The van der Waals surface area contributed by atoms with Crippen LogP contribution in [0, 0.1) is 11.8 Å². The number of anilines is 1. The number of aromatic nitrogens is 1. The molecule has 1 saturated carbocycles. The number of alkyl carbamates (subject to hydrolysis) is 1. The van der Waals surface area contributed by atoms with Crippen LogP contribution in [0.5, 0.6) is 0 Å². The van der Waals surface area contributed by atoms with Crippen molar-refractivity contribution in [3.63, 3.8) is 0 Å². The van der Waals surface area contributed by atoms with E-state index in [1.54, 1.807) is 39.1 Å². The van der Waals surface area contributed by atoms with Crippen LogP contribution in [0.25, 0.3) is 6.08 Å². The molecular weight excluding hydrogens is 342 g/mol. The Labute approximate surface area is 161 Å². The van der Waals surface area contributed by atoms with Gasteiger partial charge in [0.1, 0.15) is 17.5 Å². The lowest BCUT2D eigenvalue weighted by molar-refractivity contribution is -0.119. The Morgan fingerprint density at radius 3 is 2.56 bits per heavy atom. The first-order valence-corrected chi connectivity index (χ1v) is 9.57. The van der Waals surface area contributed by atoms with Gasteiger partial charge in [-0.05, 0) is 63.1 Å². The third kappa shape index (κ3) is 6.70. The molecule has 1 atom stereocenters. The molecule has 0 spiro atoms. The predicted octanol–water partition coefficient (Wildman–Crippen LogP) is 4.38. The molecule has 6 nitrogen and oxygen atoms in total. The van der Waals surface area contributed by atoms with Crippen LogP contribution in [-0.4, -0.2) is 28.6 Å². The fraction of sp³-hybridized carbons (Fsp3) is 0.571. The average Bonchev–Trinajstić information content (AvgIpc) is 2.59. The maximum atomic E-state index is 12.9. The average molecular weight is 373 g/mol. The van der Waals surface area contributed by atoms with Crippen molar-refractivity contribution in [2.45, 2.75) is 65.0 Å². The standard InChI is InChI=1S/C21H31N3O3/c1-6-15-11-12-22-17(13-15)23-19(25)18(16-9-7-14(2)8-10-16)24-20(26)27-21(3,4)5/h6,11-14,16,18H,1,7-10H2,2-5H3,(H,24,26)(H,22,23,25)/t14?,16?,18-/m0/s1. The Morgan fingerprint density at radius 2 is 1.96 bits per heavy atom. The second-order valence-corrected chi connectivity index (χ2v) is 8.31. The number of hydrogen-bond donors (Lipinski definition) is 2. The van der Waals surface area contributed by atoms with E-state index in [2.05, 4.69) is 29.1 Å². The van der Waals surface area contributed by atoms with Crippen LogP contribution in [0.4, 0.5) is 10.6 Å². The highest BCUT2D eigenvalue weighted by Crippen LogP contribution is 2.31. The van der Waals surface area contributed by atoms with Crippen LogP contribution in [0.3, 0.4) is 0 Å². The molecule has 6 heteroatoms. The molecule has 2 N–H and O–H groups in total. The van der Waals surface area contributed by atoms with Crippen LogP contribution in [0.1, 0.15) is 58.9 Å². The molecule has 27 heavy (non-hydrogen) atoms. The Balaban J connectivity index is 2.13. The number of amides is 2. The highest BCUT2D eigenvalue weighted by molar-refractivity contribution is 5.96. The SMILES string of the molecule is C=Cc1ccnc(NC(=O)[C@@H](NC(=O)OC(C)(C)C)C2CCC(C)CC2)c1. The fourth-order valence-electron chi connectivity index (χ4n) is 3.30. The van der Waals surface area contributed by atoms with Gasteiger partial charge in [-0.25, -0.2) is 9.78 Å². The van der Waals surface area contributed by atoms with Gasteiger partial charge in [-0.15, -0.1) is 0 Å². The predicted molar refractivity (Wildman–Crippen MR) is 107 cm³/mol. The Hall–Kier alpha value is -2.37. The number of pyridine rings is 1. The number of nitrogens with zero attached hydrogens (tertiary/aromatic N) is 1. The third-order valence-corrected chi connectivity index (χ3v) is 4.76. The van der Waals surface area contributed by atoms with E-state index in [9.17, 15) is 9.59 Å². The number of rotatable bonds is 5. The van der Waals surface area contributed by atoms with E-state index >= 15 is 0 Å². The van der Waals surface area contributed by atoms with Crippen molar-refractivity contribution >= 4 is 23.9 Å². The summed E-state index contributed by atoms with van der Waals surface area (Å²) in [6, 6.07) is 2.90. The molecule has 1 aliphatic rings. The minimum Gasteiger partial charge on any atom is -0.444 e. The van der Waals surface area contributed by atoms with Gasteiger partial charge in [0.05, 0.1) is 0 Å². The van der Waals surface area contributed by atoms with Gasteiger partial charge < -0.3 is 15.4 Å². The van der Waals surface area contributed by atoms with Gasteiger partial charge in [-0.3, -0.25) is 4.79 Å². The van der Waals surface area contributed by atoms with Crippen LogP contribution < -0.4 is 10.6 Å². The smallest absolute Gasteiger partial charge is 0.408 e. The van der Waals surface area contributed by atoms with Crippen molar-refractivity contribution in [3.8, 4) is 0 Å². The normalized spacial score (nSPS) is 21.0. The summed E-state index contributed by atoms with van der Waals surface area (Å²) in [6.45, 7) is 11.3. The summed E-state index contributed by atoms with van der Waals surface area (Å²) in [5.41, 5.74) is 0.245. The molecule has 0 bridgehead atoms. The Kier molecular flexibility index (Phi) is 6.99. The van der Waals surface area contributed by atoms with Gasteiger partial charge in [0.2, 0.25) is 5.91 Å². The van der Waals surface area contributed by atoms with Crippen LogP contribution in [0.15, 0.2) is 24.9 Å². The maximum Gasteiger partial charge on any atom is 0.408 e. The summed E-state index contributed by atoms with van der Waals surface area (Å²) in [4.78, 5) is 29.4. The lowest BCUT2D eigenvalue weighted by Gasteiger charge is -2.32. The zero-order valence-corrected chi connectivity index (χ0v) is 16.7. The first-order chi connectivity index (χ1) is 12.7. The second kappa shape index (κ2) is 9.02. The van der Waals surface area contributed by atoms with Crippen LogP contribution >= 0.6 is 0 Å². The molecule has 1 aliphatic carbocycles. The van der Waals surface area contributed by atoms with E-state index < -0.39 is 17.7 Å². The van der Waals surface area contributed by atoms with Crippen molar-refractivity contribution in [2.24, 2.45) is 11.8 Å². The lowest BCUT2D eigenvalue weighted by Crippen LogP contribution is -2.50. The highest BCUT2D eigenvalue weighted by Gasteiger charge is 2.33. The second-order valence-electron chi connectivity index (χ2n) is 8.31. The summed E-state index contributed by atoms with van der Waals surface area (Å²) in [7, 11) is 0. The number of ether oxygens (including phenoxy) is 1. The lowest BCUT2D eigenvalue weighted by atomic mass is 9.79. The van der Waals surface area contributed by atoms with Gasteiger partial charge in [0.15, 0.2) is 0 Å². The van der Waals surface area contributed by atoms with E-state index in [-0.39, 0.29) is 11.8 Å².